The van der Waals surface area contributed by atoms with Crippen LogP contribution in [0.25, 0.3) is 0 Å². The van der Waals surface area contributed by atoms with E-state index in [2.05, 4.69) is 20.7 Å². The lowest BCUT2D eigenvalue weighted by atomic mass is 9.97. The third-order valence-electron chi connectivity index (χ3n) is 3.80. The Morgan fingerprint density at radius 2 is 2.06 bits per heavy atom. The fourth-order valence-corrected chi connectivity index (χ4v) is 2.62. The molecule has 2 rings (SSSR count). The van der Waals surface area contributed by atoms with Gasteiger partial charge < -0.3 is 15.8 Å². The van der Waals surface area contributed by atoms with E-state index in [4.69, 9.17) is 5.84 Å². The number of aliphatic hydroxyl groups excluding tert-OH is 1. The molecule has 0 bridgehead atoms. The molecule has 0 aliphatic heterocycles. The summed E-state index contributed by atoms with van der Waals surface area (Å²) >= 11 is 0. The lowest BCUT2D eigenvalue weighted by Gasteiger charge is -2.19. The van der Waals surface area contributed by atoms with Crippen molar-refractivity contribution in [2.75, 3.05) is 23.9 Å². The van der Waals surface area contributed by atoms with Gasteiger partial charge in [0.1, 0.15) is 18.0 Å². The Balaban J connectivity index is 1.98. The van der Waals surface area contributed by atoms with Crippen LogP contribution in [0.5, 0.6) is 0 Å². The molecule has 0 aromatic carbocycles. The van der Waals surface area contributed by atoms with Crippen molar-refractivity contribution >= 4 is 11.6 Å². The maximum absolute atomic E-state index is 9.29. The first-order chi connectivity index (χ1) is 8.76. The Labute approximate surface area is 107 Å². The van der Waals surface area contributed by atoms with E-state index in [0.29, 0.717) is 17.7 Å². The minimum Gasteiger partial charge on any atom is -0.396 e. The summed E-state index contributed by atoms with van der Waals surface area (Å²) in [6.45, 7) is 3.05. The van der Waals surface area contributed by atoms with Gasteiger partial charge in [0.15, 0.2) is 0 Å². The highest BCUT2D eigenvalue weighted by Gasteiger charge is 2.26. The smallest absolute Gasteiger partial charge is 0.148 e. The molecule has 1 saturated carbocycles. The van der Waals surface area contributed by atoms with Gasteiger partial charge >= 0.3 is 0 Å². The first-order valence-electron chi connectivity index (χ1n) is 6.39. The van der Waals surface area contributed by atoms with Crippen molar-refractivity contribution < 1.29 is 5.11 Å². The van der Waals surface area contributed by atoms with Crippen LogP contribution >= 0.6 is 0 Å². The fourth-order valence-electron chi connectivity index (χ4n) is 2.62. The number of aliphatic hydroxyl groups is 1. The van der Waals surface area contributed by atoms with E-state index >= 15 is 0 Å². The van der Waals surface area contributed by atoms with Gasteiger partial charge in [0.2, 0.25) is 0 Å². The highest BCUT2D eigenvalue weighted by Crippen LogP contribution is 2.31. The number of anilines is 2. The van der Waals surface area contributed by atoms with Gasteiger partial charge in [0, 0.05) is 18.7 Å². The lowest BCUT2D eigenvalue weighted by molar-refractivity contribution is 0.199. The van der Waals surface area contributed by atoms with Crippen LogP contribution in [0, 0.1) is 18.8 Å². The van der Waals surface area contributed by atoms with E-state index in [0.717, 1.165) is 24.3 Å². The van der Waals surface area contributed by atoms with Gasteiger partial charge in [-0.25, -0.2) is 15.8 Å². The first-order valence-corrected chi connectivity index (χ1v) is 6.39. The van der Waals surface area contributed by atoms with Crippen molar-refractivity contribution in [3.8, 4) is 0 Å². The van der Waals surface area contributed by atoms with Gasteiger partial charge in [-0.2, -0.15) is 0 Å². The Kier molecular flexibility index (Phi) is 4.33. The second-order valence-corrected chi connectivity index (χ2v) is 4.85. The minimum atomic E-state index is 0.282. The molecule has 5 N–H and O–H groups in total. The number of hydrogen-bond donors (Lipinski definition) is 4. The molecular formula is C12H21N5O. The summed E-state index contributed by atoms with van der Waals surface area (Å²) in [6.07, 6.45) is 4.99. The predicted octanol–water partition coefficient (Wildman–Crippen LogP) is 0.891. The molecule has 1 aromatic heterocycles. The average molecular weight is 251 g/mol. The molecule has 0 spiro atoms. The summed E-state index contributed by atoms with van der Waals surface area (Å²) in [4.78, 5) is 8.26. The van der Waals surface area contributed by atoms with Crippen LogP contribution in [0.15, 0.2) is 6.33 Å². The van der Waals surface area contributed by atoms with E-state index < -0.39 is 0 Å². The zero-order chi connectivity index (χ0) is 13.0. The van der Waals surface area contributed by atoms with Gasteiger partial charge in [-0.1, -0.05) is 6.42 Å². The molecule has 2 unspecified atom stereocenters. The average Bonchev–Trinajstić information content (AvgIpc) is 2.85. The van der Waals surface area contributed by atoms with E-state index in [-0.39, 0.29) is 6.61 Å². The number of nitrogen functional groups attached to an aromatic ring is 1. The second kappa shape index (κ2) is 5.97. The van der Waals surface area contributed by atoms with Crippen LogP contribution in [0.2, 0.25) is 0 Å². The summed E-state index contributed by atoms with van der Waals surface area (Å²) in [5.74, 6) is 7.77. The van der Waals surface area contributed by atoms with Gasteiger partial charge in [-0.3, -0.25) is 0 Å². The van der Waals surface area contributed by atoms with Crippen molar-refractivity contribution in [2.24, 2.45) is 17.7 Å². The molecule has 1 aromatic rings. The van der Waals surface area contributed by atoms with Crippen LogP contribution in [-0.2, 0) is 0 Å². The quantitative estimate of drug-likeness (QED) is 0.458. The molecule has 6 nitrogen and oxygen atoms in total. The number of rotatable bonds is 5. The number of hydrogen-bond acceptors (Lipinski definition) is 6. The largest absolute Gasteiger partial charge is 0.396 e. The molecule has 1 heterocycles. The number of aromatic nitrogens is 2. The Morgan fingerprint density at radius 3 is 2.78 bits per heavy atom. The van der Waals surface area contributed by atoms with Crippen LogP contribution < -0.4 is 16.6 Å². The summed E-state index contributed by atoms with van der Waals surface area (Å²) in [5, 5.41) is 12.6. The van der Waals surface area contributed by atoms with Crippen molar-refractivity contribution in [1.82, 2.24) is 9.97 Å². The molecule has 0 amide bonds. The summed E-state index contributed by atoms with van der Waals surface area (Å²) in [7, 11) is 0. The van der Waals surface area contributed by atoms with E-state index in [1.165, 1.54) is 19.2 Å². The van der Waals surface area contributed by atoms with Gasteiger partial charge in [0.25, 0.3) is 0 Å². The van der Waals surface area contributed by atoms with E-state index in [1.54, 1.807) is 0 Å². The molecule has 1 aliphatic rings. The normalized spacial score (nSPS) is 23.1. The van der Waals surface area contributed by atoms with Crippen LogP contribution in [-0.4, -0.2) is 28.2 Å². The van der Waals surface area contributed by atoms with E-state index in [1.807, 2.05) is 6.92 Å². The molecule has 0 saturated heterocycles. The van der Waals surface area contributed by atoms with E-state index in [9.17, 15) is 5.11 Å². The van der Waals surface area contributed by atoms with Gasteiger partial charge in [-0.15, -0.1) is 0 Å². The fraction of sp³-hybridized carbons (Fsp3) is 0.667. The molecule has 1 fully saturated rings. The number of nitrogens with one attached hydrogen (secondary N) is 2. The van der Waals surface area contributed by atoms with Crippen molar-refractivity contribution in [3.63, 3.8) is 0 Å². The standard InChI is InChI=1S/C12H21N5O/c1-8-11(15-7-16-12(8)17-13)14-5-9-3-2-4-10(9)6-18/h7,9-10,18H,2-6,13H2,1H3,(H2,14,15,16,17). The zero-order valence-electron chi connectivity index (χ0n) is 10.7. The third-order valence-corrected chi connectivity index (χ3v) is 3.80. The lowest BCUT2D eigenvalue weighted by Crippen LogP contribution is -2.22. The monoisotopic (exact) mass is 251 g/mol. The maximum atomic E-state index is 9.29. The Bertz CT molecular complexity index is 398. The molecule has 6 heteroatoms. The third kappa shape index (κ3) is 2.70. The Morgan fingerprint density at radius 1 is 1.33 bits per heavy atom. The summed E-state index contributed by atoms with van der Waals surface area (Å²) in [5.41, 5.74) is 3.47. The highest BCUT2D eigenvalue weighted by molar-refractivity contribution is 5.55. The van der Waals surface area contributed by atoms with Crippen LogP contribution in [0.3, 0.4) is 0 Å². The topological polar surface area (TPSA) is 96.1 Å². The van der Waals surface area contributed by atoms with Crippen LogP contribution in [0.4, 0.5) is 11.6 Å². The molecule has 1 aliphatic carbocycles. The van der Waals surface area contributed by atoms with Crippen molar-refractivity contribution in [1.29, 1.82) is 0 Å². The maximum Gasteiger partial charge on any atom is 0.148 e. The molecule has 0 radical (unpaired) electrons. The Hall–Kier alpha value is -1.40. The number of hydrazine groups is 1. The van der Waals surface area contributed by atoms with Crippen molar-refractivity contribution in [2.45, 2.75) is 26.2 Å². The number of nitrogens with zero attached hydrogens (tertiary/aromatic N) is 2. The predicted molar refractivity (Wildman–Crippen MR) is 71.0 cm³/mol. The summed E-state index contributed by atoms with van der Waals surface area (Å²) in [6, 6.07) is 0. The van der Waals surface area contributed by atoms with Gasteiger partial charge in [-0.05, 0) is 31.6 Å². The summed E-state index contributed by atoms with van der Waals surface area (Å²) < 4.78 is 0. The molecular weight excluding hydrogens is 230 g/mol. The second-order valence-electron chi connectivity index (χ2n) is 4.85. The highest BCUT2D eigenvalue weighted by atomic mass is 16.3. The molecule has 2 atom stereocenters. The van der Waals surface area contributed by atoms with Crippen molar-refractivity contribution in [3.05, 3.63) is 11.9 Å². The SMILES string of the molecule is Cc1c(NN)ncnc1NCC1CCCC1CO. The number of nitrogens with two attached hydrogens (primary N) is 1. The molecule has 18 heavy (non-hydrogen) atoms. The van der Waals surface area contributed by atoms with Crippen LogP contribution in [0.1, 0.15) is 24.8 Å². The van der Waals surface area contributed by atoms with Gasteiger partial charge in [0.05, 0.1) is 0 Å². The zero-order valence-corrected chi connectivity index (χ0v) is 10.7. The minimum absolute atomic E-state index is 0.282. The first kappa shape index (κ1) is 13.0. The molecule has 100 valence electrons.